The molecule has 0 aliphatic heterocycles. The van der Waals surface area contributed by atoms with Gasteiger partial charge in [-0.05, 0) is 36.8 Å². The number of aliphatic hydroxyl groups is 1. The normalized spacial score (nSPS) is 12.0. The van der Waals surface area contributed by atoms with Gasteiger partial charge < -0.3 is 24.8 Å². The van der Waals surface area contributed by atoms with Crippen molar-refractivity contribution < 1.29 is 14.6 Å². The summed E-state index contributed by atoms with van der Waals surface area (Å²) in [4.78, 5) is 6.64. The van der Waals surface area contributed by atoms with Crippen molar-refractivity contribution in [2.75, 3.05) is 34.4 Å². The van der Waals surface area contributed by atoms with E-state index in [2.05, 4.69) is 15.4 Å². The van der Waals surface area contributed by atoms with Crippen molar-refractivity contribution in [3.05, 3.63) is 72.1 Å². The van der Waals surface area contributed by atoms with Crippen LogP contribution in [0.25, 0.3) is 5.69 Å². The molecule has 1 atom stereocenters. The maximum atomic E-state index is 10.7. The third kappa shape index (κ3) is 7.36. The molecular weight excluding hydrogens is 533 g/mol. The second kappa shape index (κ2) is 13.0. The molecule has 8 nitrogen and oxygen atoms in total. The number of para-hydroxylation sites is 1. The Morgan fingerprint density at radius 2 is 1.82 bits per heavy atom. The number of rotatable bonds is 9. The lowest BCUT2D eigenvalue weighted by molar-refractivity contribution is 0.185. The van der Waals surface area contributed by atoms with E-state index in [9.17, 15) is 5.11 Å². The zero-order valence-electron chi connectivity index (χ0n) is 19.4. The maximum Gasteiger partial charge on any atom is 0.194 e. The van der Waals surface area contributed by atoms with Gasteiger partial charge in [-0.15, -0.1) is 24.0 Å². The number of aromatic nitrogens is 2. The van der Waals surface area contributed by atoms with E-state index < -0.39 is 6.10 Å². The van der Waals surface area contributed by atoms with Crippen molar-refractivity contribution in [3.8, 4) is 17.2 Å². The van der Waals surface area contributed by atoms with Crippen LogP contribution < -0.4 is 14.8 Å². The number of benzene rings is 2. The standard InChI is InChI=1S/C24H31N5O3.HI/c1-5-25-24(26-15-23(30)19-11-21(31-3)13-22(12-19)32-4)28(2)16-18-14-27-29(17-18)20-9-7-6-8-10-20;/h6-14,17,23,30H,5,15-16H2,1-4H3,(H,25,26);1H. The van der Waals surface area contributed by atoms with E-state index in [1.54, 1.807) is 32.4 Å². The van der Waals surface area contributed by atoms with Crippen LogP contribution >= 0.6 is 24.0 Å². The second-order valence-corrected chi connectivity index (χ2v) is 7.34. The van der Waals surface area contributed by atoms with Crippen molar-refractivity contribution >= 4 is 29.9 Å². The van der Waals surface area contributed by atoms with Crippen LogP contribution in [0.15, 0.2) is 65.9 Å². The Morgan fingerprint density at radius 3 is 2.42 bits per heavy atom. The highest BCUT2D eigenvalue weighted by atomic mass is 127. The van der Waals surface area contributed by atoms with Crippen molar-refractivity contribution in [2.24, 2.45) is 4.99 Å². The number of nitrogens with one attached hydrogen (secondary N) is 1. The molecule has 9 heteroatoms. The predicted molar refractivity (Wildman–Crippen MR) is 141 cm³/mol. The SMILES string of the molecule is CCNC(=NCC(O)c1cc(OC)cc(OC)c1)N(C)Cc1cnn(-c2ccccc2)c1.I. The summed E-state index contributed by atoms with van der Waals surface area (Å²) in [6, 6.07) is 15.3. The molecule has 2 N–H and O–H groups in total. The molecule has 0 saturated heterocycles. The zero-order chi connectivity index (χ0) is 22.9. The first-order valence-electron chi connectivity index (χ1n) is 10.5. The van der Waals surface area contributed by atoms with Crippen molar-refractivity contribution in [1.29, 1.82) is 0 Å². The van der Waals surface area contributed by atoms with E-state index in [0.717, 1.165) is 17.8 Å². The van der Waals surface area contributed by atoms with Gasteiger partial charge in [-0.1, -0.05) is 18.2 Å². The molecular formula is C24H32IN5O3. The highest BCUT2D eigenvalue weighted by Crippen LogP contribution is 2.26. The Balaban J connectivity index is 0.00000385. The van der Waals surface area contributed by atoms with Gasteiger partial charge in [0.05, 0.1) is 38.8 Å². The number of hydrogen-bond donors (Lipinski definition) is 2. The highest BCUT2D eigenvalue weighted by Gasteiger charge is 2.13. The summed E-state index contributed by atoms with van der Waals surface area (Å²) >= 11 is 0. The van der Waals surface area contributed by atoms with Crippen molar-refractivity contribution in [2.45, 2.75) is 19.6 Å². The first kappa shape index (κ1) is 26.5. The first-order valence-corrected chi connectivity index (χ1v) is 10.5. The number of ether oxygens (including phenoxy) is 2. The lowest BCUT2D eigenvalue weighted by Crippen LogP contribution is -2.38. The zero-order valence-corrected chi connectivity index (χ0v) is 21.8. The number of aliphatic imine (C=N–C) groups is 1. The van der Waals surface area contributed by atoms with Crippen LogP contribution in [0.5, 0.6) is 11.5 Å². The minimum absolute atomic E-state index is 0. The minimum Gasteiger partial charge on any atom is -0.497 e. The molecule has 3 rings (SSSR count). The lowest BCUT2D eigenvalue weighted by Gasteiger charge is -2.22. The number of methoxy groups -OCH3 is 2. The molecule has 3 aromatic rings. The van der Waals surface area contributed by atoms with Gasteiger partial charge in [0, 0.05) is 38.0 Å². The number of guanidine groups is 1. The second-order valence-electron chi connectivity index (χ2n) is 7.34. The molecule has 178 valence electrons. The van der Waals surface area contributed by atoms with Gasteiger partial charge in [0.15, 0.2) is 5.96 Å². The largest absolute Gasteiger partial charge is 0.497 e. The molecule has 2 aromatic carbocycles. The molecule has 1 unspecified atom stereocenters. The molecule has 0 saturated carbocycles. The van der Waals surface area contributed by atoms with Crippen LogP contribution in [0.1, 0.15) is 24.2 Å². The fraction of sp³-hybridized carbons (Fsp3) is 0.333. The third-order valence-corrected chi connectivity index (χ3v) is 4.95. The molecule has 0 spiro atoms. The fourth-order valence-electron chi connectivity index (χ4n) is 3.28. The Kier molecular flexibility index (Phi) is 10.5. The Morgan fingerprint density at radius 1 is 1.15 bits per heavy atom. The fourth-order valence-corrected chi connectivity index (χ4v) is 3.28. The number of halogens is 1. The number of nitrogens with zero attached hydrogens (tertiary/aromatic N) is 4. The quantitative estimate of drug-likeness (QED) is 0.234. The van der Waals surface area contributed by atoms with Gasteiger partial charge in [-0.25, -0.2) is 4.68 Å². The summed E-state index contributed by atoms with van der Waals surface area (Å²) in [7, 11) is 5.13. The molecule has 0 fully saturated rings. The molecule has 33 heavy (non-hydrogen) atoms. The van der Waals surface area contributed by atoms with E-state index in [1.807, 2.05) is 66.3 Å². The van der Waals surface area contributed by atoms with E-state index in [-0.39, 0.29) is 30.5 Å². The average molecular weight is 565 g/mol. The Hall–Kier alpha value is -2.79. The van der Waals surface area contributed by atoms with Crippen molar-refractivity contribution in [3.63, 3.8) is 0 Å². The summed E-state index contributed by atoms with van der Waals surface area (Å²) < 4.78 is 12.4. The maximum absolute atomic E-state index is 10.7. The van der Waals surface area contributed by atoms with Gasteiger partial charge in [-0.2, -0.15) is 5.10 Å². The van der Waals surface area contributed by atoms with E-state index >= 15 is 0 Å². The molecule has 0 bridgehead atoms. The minimum atomic E-state index is -0.790. The van der Waals surface area contributed by atoms with Crippen LogP contribution in [-0.2, 0) is 6.54 Å². The van der Waals surface area contributed by atoms with Gasteiger partial charge >= 0.3 is 0 Å². The van der Waals surface area contributed by atoms with Gasteiger partial charge in [0.1, 0.15) is 11.5 Å². The Bertz CT molecular complexity index is 1000. The van der Waals surface area contributed by atoms with E-state index in [4.69, 9.17) is 9.47 Å². The molecule has 0 amide bonds. The molecule has 0 aliphatic carbocycles. The Labute approximate surface area is 212 Å². The smallest absolute Gasteiger partial charge is 0.194 e. The highest BCUT2D eigenvalue weighted by molar-refractivity contribution is 14.0. The van der Waals surface area contributed by atoms with E-state index in [0.29, 0.717) is 29.6 Å². The predicted octanol–water partition coefficient (Wildman–Crippen LogP) is 3.64. The molecule has 1 heterocycles. The summed E-state index contributed by atoms with van der Waals surface area (Å²) in [5.41, 5.74) is 2.76. The summed E-state index contributed by atoms with van der Waals surface area (Å²) in [6.45, 7) is 3.56. The lowest BCUT2D eigenvalue weighted by atomic mass is 10.1. The van der Waals surface area contributed by atoms with E-state index in [1.165, 1.54) is 0 Å². The van der Waals surface area contributed by atoms with Gasteiger partial charge in [-0.3, -0.25) is 4.99 Å². The summed E-state index contributed by atoms with van der Waals surface area (Å²) in [6.07, 6.45) is 3.07. The molecule has 0 radical (unpaired) electrons. The van der Waals surface area contributed by atoms with Gasteiger partial charge in [0.25, 0.3) is 0 Å². The topological polar surface area (TPSA) is 84.1 Å². The van der Waals surface area contributed by atoms with Gasteiger partial charge in [0.2, 0.25) is 0 Å². The van der Waals surface area contributed by atoms with Crippen molar-refractivity contribution in [1.82, 2.24) is 20.0 Å². The average Bonchev–Trinajstić information content (AvgIpc) is 3.30. The molecule has 1 aromatic heterocycles. The van der Waals surface area contributed by atoms with Crippen LogP contribution in [0.3, 0.4) is 0 Å². The van der Waals surface area contributed by atoms with Crippen LogP contribution in [0.2, 0.25) is 0 Å². The van der Waals surface area contributed by atoms with Crippen LogP contribution in [0, 0.1) is 0 Å². The van der Waals surface area contributed by atoms with Crippen LogP contribution in [0.4, 0.5) is 0 Å². The summed E-state index contributed by atoms with van der Waals surface area (Å²) in [5.74, 6) is 1.96. The number of hydrogen-bond acceptors (Lipinski definition) is 5. The number of aliphatic hydroxyl groups excluding tert-OH is 1. The third-order valence-electron chi connectivity index (χ3n) is 4.95. The monoisotopic (exact) mass is 565 g/mol. The first-order chi connectivity index (χ1) is 15.5. The summed E-state index contributed by atoms with van der Waals surface area (Å²) in [5, 5.41) is 18.4. The molecule has 0 aliphatic rings. The van der Waals surface area contributed by atoms with Crippen LogP contribution in [-0.4, -0.2) is 60.1 Å².